The third-order valence-corrected chi connectivity index (χ3v) is 2.41. The van der Waals surface area contributed by atoms with Gasteiger partial charge >= 0.3 is 11.8 Å². The summed E-state index contributed by atoms with van der Waals surface area (Å²) in [6.07, 6.45) is 5.04. The van der Waals surface area contributed by atoms with E-state index in [0.717, 1.165) is 30.7 Å². The van der Waals surface area contributed by atoms with Crippen LogP contribution in [0.2, 0.25) is 0 Å². The lowest BCUT2D eigenvalue weighted by molar-refractivity contribution is -0.146. The number of hydrazine groups is 1. The van der Waals surface area contributed by atoms with Crippen molar-refractivity contribution < 1.29 is 9.59 Å². The molecule has 4 N–H and O–H groups in total. The van der Waals surface area contributed by atoms with Crippen LogP contribution in [0.5, 0.6) is 0 Å². The zero-order chi connectivity index (χ0) is 9.84. The minimum Gasteiger partial charge on any atom is -0.361 e. The van der Waals surface area contributed by atoms with Gasteiger partial charge < -0.3 is 5.73 Å². The van der Waals surface area contributed by atoms with E-state index >= 15 is 0 Å². The number of carbonyl (C=O) groups excluding carboxylic acids is 2. The van der Waals surface area contributed by atoms with Gasteiger partial charge in [0.1, 0.15) is 0 Å². The summed E-state index contributed by atoms with van der Waals surface area (Å²) in [6.45, 7) is 0. The van der Waals surface area contributed by atoms with Crippen molar-refractivity contribution in [1.29, 1.82) is 0 Å². The van der Waals surface area contributed by atoms with E-state index in [0.29, 0.717) is 0 Å². The van der Waals surface area contributed by atoms with Crippen LogP contribution in [0.25, 0.3) is 0 Å². The van der Waals surface area contributed by atoms with Gasteiger partial charge in [0.15, 0.2) is 0 Å². The lowest BCUT2D eigenvalue weighted by Crippen LogP contribution is -2.51. The predicted molar refractivity (Wildman–Crippen MR) is 47.1 cm³/mol. The summed E-state index contributed by atoms with van der Waals surface area (Å²) in [5.41, 5.74) is 4.83. The van der Waals surface area contributed by atoms with Gasteiger partial charge in [-0.15, -0.1) is 0 Å². The van der Waals surface area contributed by atoms with Crippen molar-refractivity contribution in [3.8, 4) is 0 Å². The van der Waals surface area contributed by atoms with E-state index in [9.17, 15) is 9.59 Å². The molecule has 0 radical (unpaired) electrons. The second-order valence-electron chi connectivity index (χ2n) is 3.37. The molecule has 2 amide bonds. The summed E-state index contributed by atoms with van der Waals surface area (Å²) in [5, 5.41) is 0.988. The van der Waals surface area contributed by atoms with E-state index in [1.54, 1.807) is 0 Å². The lowest BCUT2D eigenvalue weighted by Gasteiger charge is -2.29. The van der Waals surface area contributed by atoms with Gasteiger partial charge in [-0.3, -0.25) is 14.6 Å². The molecule has 0 aromatic heterocycles. The van der Waals surface area contributed by atoms with Gasteiger partial charge in [0, 0.05) is 6.04 Å². The summed E-state index contributed by atoms with van der Waals surface area (Å²) in [6, 6.07) is -0.00579. The van der Waals surface area contributed by atoms with Crippen LogP contribution in [0.4, 0.5) is 0 Å². The molecule has 13 heavy (non-hydrogen) atoms. The van der Waals surface area contributed by atoms with E-state index in [4.69, 9.17) is 11.6 Å². The van der Waals surface area contributed by atoms with Crippen molar-refractivity contribution in [2.45, 2.75) is 38.1 Å². The fraction of sp³-hybridized carbons (Fsp3) is 0.750. The topological polar surface area (TPSA) is 89.4 Å². The van der Waals surface area contributed by atoms with Crippen molar-refractivity contribution in [3.05, 3.63) is 0 Å². The summed E-state index contributed by atoms with van der Waals surface area (Å²) < 4.78 is 0. The van der Waals surface area contributed by atoms with Crippen LogP contribution in [0.1, 0.15) is 32.1 Å². The third kappa shape index (κ3) is 2.42. The zero-order valence-electron chi connectivity index (χ0n) is 7.53. The molecule has 0 aromatic carbocycles. The van der Waals surface area contributed by atoms with E-state index in [-0.39, 0.29) is 6.04 Å². The Hall–Kier alpha value is -1.10. The molecule has 1 saturated carbocycles. The first-order chi connectivity index (χ1) is 6.13. The Kier molecular flexibility index (Phi) is 3.25. The number of hydrogen-bond donors (Lipinski definition) is 2. The lowest BCUT2D eigenvalue weighted by atomic mass is 9.95. The molecule has 0 aromatic rings. The number of carbonyl (C=O) groups is 2. The first-order valence-corrected chi connectivity index (χ1v) is 4.50. The molecule has 0 saturated heterocycles. The molecule has 74 valence electrons. The first-order valence-electron chi connectivity index (χ1n) is 4.50. The maximum atomic E-state index is 11.1. The quantitative estimate of drug-likeness (QED) is 0.250. The average Bonchev–Trinajstić information content (AvgIpc) is 2.17. The molecule has 5 heteroatoms. The van der Waals surface area contributed by atoms with Gasteiger partial charge in [0.25, 0.3) is 0 Å². The summed E-state index contributed by atoms with van der Waals surface area (Å²) in [7, 11) is 0. The largest absolute Gasteiger partial charge is 0.361 e. The molecule has 1 aliphatic rings. The molecule has 0 atom stereocenters. The number of amides is 2. The average molecular weight is 185 g/mol. The summed E-state index contributed by atoms with van der Waals surface area (Å²) in [4.78, 5) is 21.6. The number of rotatable bonds is 1. The maximum Gasteiger partial charge on any atom is 0.325 e. The van der Waals surface area contributed by atoms with Gasteiger partial charge in [0.05, 0.1) is 0 Å². The number of nitrogens with two attached hydrogens (primary N) is 2. The van der Waals surface area contributed by atoms with Crippen molar-refractivity contribution in [2.24, 2.45) is 11.6 Å². The second-order valence-corrected chi connectivity index (χ2v) is 3.37. The highest BCUT2D eigenvalue weighted by atomic mass is 16.2. The fourth-order valence-corrected chi connectivity index (χ4v) is 1.65. The highest BCUT2D eigenvalue weighted by molar-refractivity contribution is 6.34. The Morgan fingerprint density at radius 1 is 1.15 bits per heavy atom. The van der Waals surface area contributed by atoms with Crippen molar-refractivity contribution in [3.63, 3.8) is 0 Å². The third-order valence-electron chi connectivity index (χ3n) is 2.41. The molecular weight excluding hydrogens is 170 g/mol. The SMILES string of the molecule is NC(=O)C(=O)N(N)C1CCCCC1. The highest BCUT2D eigenvalue weighted by Gasteiger charge is 2.25. The molecule has 0 heterocycles. The summed E-state index contributed by atoms with van der Waals surface area (Å²) in [5.74, 6) is 3.71. The van der Waals surface area contributed by atoms with Gasteiger partial charge in [-0.2, -0.15) is 0 Å². The standard InChI is InChI=1S/C8H15N3O2/c9-7(12)8(13)11(10)6-4-2-1-3-5-6/h6H,1-5,10H2,(H2,9,12). The maximum absolute atomic E-state index is 11.1. The molecule has 1 rings (SSSR count). The molecular formula is C8H15N3O2. The molecule has 0 unspecified atom stereocenters. The van der Waals surface area contributed by atoms with E-state index in [2.05, 4.69) is 0 Å². The number of primary amides is 1. The minimum atomic E-state index is -0.979. The van der Waals surface area contributed by atoms with Gasteiger partial charge in [-0.25, -0.2) is 5.84 Å². The Morgan fingerprint density at radius 2 is 1.69 bits per heavy atom. The Balaban J connectivity index is 2.49. The molecule has 1 fully saturated rings. The number of nitrogens with zero attached hydrogens (tertiary/aromatic N) is 1. The number of hydrogen-bond acceptors (Lipinski definition) is 3. The highest BCUT2D eigenvalue weighted by Crippen LogP contribution is 2.20. The Labute approximate surface area is 77.0 Å². The van der Waals surface area contributed by atoms with Crippen LogP contribution < -0.4 is 11.6 Å². The summed E-state index contributed by atoms with van der Waals surface area (Å²) >= 11 is 0. The fourth-order valence-electron chi connectivity index (χ4n) is 1.65. The van der Waals surface area contributed by atoms with E-state index < -0.39 is 11.8 Å². The minimum absolute atomic E-state index is 0.00579. The first kappa shape index (κ1) is 9.98. The smallest absolute Gasteiger partial charge is 0.325 e. The van der Waals surface area contributed by atoms with Gasteiger partial charge in [-0.05, 0) is 12.8 Å². The molecule has 0 aliphatic heterocycles. The van der Waals surface area contributed by atoms with Crippen molar-refractivity contribution in [1.82, 2.24) is 5.01 Å². The molecule has 0 bridgehead atoms. The van der Waals surface area contributed by atoms with Crippen LogP contribution in [-0.2, 0) is 9.59 Å². The van der Waals surface area contributed by atoms with Crippen LogP contribution in [0.15, 0.2) is 0 Å². The Bertz CT molecular complexity index is 211. The van der Waals surface area contributed by atoms with Gasteiger partial charge in [-0.1, -0.05) is 19.3 Å². The molecule has 1 aliphatic carbocycles. The second kappa shape index (κ2) is 4.23. The molecule has 0 spiro atoms. The zero-order valence-corrected chi connectivity index (χ0v) is 7.53. The van der Waals surface area contributed by atoms with Crippen molar-refractivity contribution >= 4 is 11.8 Å². The van der Waals surface area contributed by atoms with Crippen LogP contribution in [0.3, 0.4) is 0 Å². The molecule has 5 nitrogen and oxygen atoms in total. The van der Waals surface area contributed by atoms with E-state index in [1.807, 2.05) is 0 Å². The monoisotopic (exact) mass is 185 g/mol. The van der Waals surface area contributed by atoms with E-state index in [1.165, 1.54) is 6.42 Å². The Morgan fingerprint density at radius 3 is 2.15 bits per heavy atom. The van der Waals surface area contributed by atoms with Crippen LogP contribution in [0, 0.1) is 0 Å². The normalized spacial score (nSPS) is 18.2. The van der Waals surface area contributed by atoms with Crippen molar-refractivity contribution in [2.75, 3.05) is 0 Å². The predicted octanol–water partition coefficient (Wildman–Crippen LogP) is -0.493. The van der Waals surface area contributed by atoms with Crippen LogP contribution >= 0.6 is 0 Å². The van der Waals surface area contributed by atoms with Crippen LogP contribution in [-0.4, -0.2) is 22.9 Å². The van der Waals surface area contributed by atoms with Gasteiger partial charge in [0.2, 0.25) is 0 Å².